The van der Waals surface area contributed by atoms with Crippen LogP contribution in [0.1, 0.15) is 17.3 Å². The van der Waals surface area contributed by atoms with Gasteiger partial charge in [-0.05, 0) is 49.4 Å². The Hall–Kier alpha value is -2.45. The number of nitrogens with zero attached hydrogens (tertiary/aromatic N) is 2. The quantitative estimate of drug-likeness (QED) is 0.732. The standard InChI is InChI=1S/C19H21FN2O4S/c1-14(23)15-3-8-19(18(20)13-15)21-9-11-22(12-10-21)27(24,25)17-6-4-16(26-2)5-7-17/h3-8,13H,9-12H2,1-2H3. The second kappa shape index (κ2) is 7.66. The van der Waals surface area contributed by atoms with Crippen molar-refractivity contribution in [1.82, 2.24) is 4.31 Å². The zero-order chi connectivity index (χ0) is 19.6. The number of hydrogen-bond acceptors (Lipinski definition) is 5. The van der Waals surface area contributed by atoms with E-state index in [0.29, 0.717) is 30.1 Å². The van der Waals surface area contributed by atoms with Gasteiger partial charge in [0.1, 0.15) is 11.6 Å². The molecule has 0 atom stereocenters. The highest BCUT2D eigenvalue weighted by Crippen LogP contribution is 2.25. The van der Waals surface area contributed by atoms with Gasteiger partial charge < -0.3 is 9.64 Å². The number of benzene rings is 2. The molecule has 0 unspecified atom stereocenters. The molecule has 1 aliphatic heterocycles. The molecule has 3 rings (SSSR count). The number of carbonyl (C=O) groups excluding carboxylic acids is 1. The molecule has 6 nitrogen and oxygen atoms in total. The Labute approximate surface area is 158 Å². The highest BCUT2D eigenvalue weighted by atomic mass is 32.2. The van der Waals surface area contributed by atoms with Crippen LogP contribution in [0.2, 0.25) is 0 Å². The van der Waals surface area contributed by atoms with Crippen LogP contribution in [0, 0.1) is 5.82 Å². The van der Waals surface area contributed by atoms with Crippen LogP contribution in [-0.2, 0) is 10.0 Å². The van der Waals surface area contributed by atoms with Crippen LogP contribution in [0.15, 0.2) is 47.4 Å². The predicted octanol–water partition coefficient (Wildman–Crippen LogP) is 2.55. The average Bonchev–Trinajstić information content (AvgIpc) is 2.68. The Balaban J connectivity index is 1.72. The number of sulfonamides is 1. The molecule has 0 N–H and O–H groups in total. The number of hydrogen-bond donors (Lipinski definition) is 0. The van der Waals surface area contributed by atoms with Gasteiger partial charge in [-0.1, -0.05) is 0 Å². The molecule has 0 saturated carbocycles. The highest BCUT2D eigenvalue weighted by Gasteiger charge is 2.29. The van der Waals surface area contributed by atoms with E-state index in [9.17, 15) is 17.6 Å². The second-order valence-corrected chi connectivity index (χ2v) is 8.23. The molecule has 27 heavy (non-hydrogen) atoms. The normalized spacial score (nSPS) is 15.6. The first-order valence-corrected chi connectivity index (χ1v) is 9.96. The summed E-state index contributed by atoms with van der Waals surface area (Å²) in [5.74, 6) is -0.0896. The van der Waals surface area contributed by atoms with Crippen LogP contribution in [0.5, 0.6) is 5.75 Å². The molecule has 1 heterocycles. The van der Waals surface area contributed by atoms with E-state index in [2.05, 4.69) is 0 Å². The Kier molecular flexibility index (Phi) is 5.48. The molecule has 0 radical (unpaired) electrons. The average molecular weight is 392 g/mol. The van der Waals surface area contributed by atoms with Crippen molar-refractivity contribution in [2.45, 2.75) is 11.8 Å². The number of anilines is 1. The summed E-state index contributed by atoms with van der Waals surface area (Å²) in [5, 5.41) is 0. The van der Waals surface area contributed by atoms with E-state index in [1.165, 1.54) is 36.5 Å². The van der Waals surface area contributed by atoms with Gasteiger partial charge in [0.05, 0.1) is 17.7 Å². The lowest BCUT2D eigenvalue weighted by atomic mass is 10.1. The van der Waals surface area contributed by atoms with Gasteiger partial charge in [0.25, 0.3) is 0 Å². The third kappa shape index (κ3) is 3.96. The molecular formula is C19H21FN2O4S. The van der Waals surface area contributed by atoms with Crippen molar-refractivity contribution in [3.05, 3.63) is 53.8 Å². The molecule has 144 valence electrons. The van der Waals surface area contributed by atoms with Crippen LogP contribution in [0.25, 0.3) is 0 Å². The first kappa shape index (κ1) is 19.3. The fourth-order valence-corrected chi connectivity index (χ4v) is 4.47. The Morgan fingerprint density at radius 3 is 2.19 bits per heavy atom. The molecule has 0 spiro atoms. The molecule has 0 bridgehead atoms. The van der Waals surface area contributed by atoms with E-state index in [-0.39, 0.29) is 23.8 Å². The van der Waals surface area contributed by atoms with E-state index < -0.39 is 15.8 Å². The van der Waals surface area contributed by atoms with Crippen molar-refractivity contribution in [2.75, 3.05) is 38.2 Å². The first-order valence-electron chi connectivity index (χ1n) is 8.52. The Bertz CT molecular complexity index is 937. The summed E-state index contributed by atoms with van der Waals surface area (Å²) < 4.78 is 46.3. The minimum absolute atomic E-state index is 0.198. The maximum atomic E-state index is 14.3. The summed E-state index contributed by atoms with van der Waals surface area (Å²) in [6, 6.07) is 10.6. The Morgan fingerprint density at radius 2 is 1.67 bits per heavy atom. The predicted molar refractivity (Wildman–Crippen MR) is 100 cm³/mol. The summed E-state index contributed by atoms with van der Waals surface area (Å²) in [4.78, 5) is 13.3. The second-order valence-electron chi connectivity index (χ2n) is 6.29. The Morgan fingerprint density at radius 1 is 1.04 bits per heavy atom. The van der Waals surface area contributed by atoms with E-state index in [1.807, 2.05) is 0 Å². The van der Waals surface area contributed by atoms with Crippen LogP contribution >= 0.6 is 0 Å². The minimum atomic E-state index is -3.61. The number of carbonyl (C=O) groups is 1. The molecular weight excluding hydrogens is 371 g/mol. The number of ether oxygens (including phenoxy) is 1. The number of methoxy groups -OCH3 is 1. The number of piperazine rings is 1. The molecule has 0 aliphatic carbocycles. The fraction of sp³-hybridized carbons (Fsp3) is 0.316. The zero-order valence-electron chi connectivity index (χ0n) is 15.2. The minimum Gasteiger partial charge on any atom is -0.497 e. The summed E-state index contributed by atoms with van der Waals surface area (Å²) in [7, 11) is -2.09. The van der Waals surface area contributed by atoms with Gasteiger partial charge in [-0.25, -0.2) is 12.8 Å². The van der Waals surface area contributed by atoms with E-state index in [0.717, 1.165) is 0 Å². The van der Waals surface area contributed by atoms with Crippen LogP contribution < -0.4 is 9.64 Å². The first-order chi connectivity index (χ1) is 12.8. The highest BCUT2D eigenvalue weighted by molar-refractivity contribution is 7.89. The smallest absolute Gasteiger partial charge is 0.243 e. The summed E-state index contributed by atoms with van der Waals surface area (Å²) in [6.45, 7) is 2.62. The molecule has 1 fully saturated rings. The third-order valence-corrected chi connectivity index (χ3v) is 6.54. The van der Waals surface area contributed by atoms with Gasteiger partial charge in [0.2, 0.25) is 10.0 Å². The van der Waals surface area contributed by atoms with Gasteiger partial charge in [0.15, 0.2) is 5.78 Å². The van der Waals surface area contributed by atoms with Crippen molar-refractivity contribution >= 4 is 21.5 Å². The number of ketones is 1. The van der Waals surface area contributed by atoms with Crippen molar-refractivity contribution in [3.8, 4) is 5.75 Å². The monoisotopic (exact) mass is 392 g/mol. The van der Waals surface area contributed by atoms with Crippen molar-refractivity contribution in [3.63, 3.8) is 0 Å². The summed E-state index contributed by atoms with van der Waals surface area (Å²) in [5.41, 5.74) is 0.693. The molecule has 8 heteroatoms. The third-order valence-electron chi connectivity index (χ3n) is 4.63. The largest absolute Gasteiger partial charge is 0.497 e. The van der Waals surface area contributed by atoms with Crippen molar-refractivity contribution in [2.24, 2.45) is 0 Å². The number of Topliss-reactive ketones (excluding diaryl/α,β-unsaturated/α-hetero) is 1. The summed E-state index contributed by atoms with van der Waals surface area (Å²) in [6.07, 6.45) is 0. The van der Waals surface area contributed by atoms with Gasteiger partial charge in [-0.3, -0.25) is 4.79 Å². The van der Waals surface area contributed by atoms with Crippen molar-refractivity contribution in [1.29, 1.82) is 0 Å². The summed E-state index contributed by atoms with van der Waals surface area (Å²) >= 11 is 0. The SMILES string of the molecule is COc1ccc(S(=O)(=O)N2CCN(c3ccc(C(C)=O)cc3F)CC2)cc1. The van der Waals surface area contributed by atoms with Crippen molar-refractivity contribution < 1.29 is 22.3 Å². The van der Waals surface area contributed by atoms with Gasteiger partial charge in [0, 0.05) is 31.7 Å². The molecule has 1 aliphatic rings. The molecule has 2 aromatic carbocycles. The van der Waals surface area contributed by atoms with Gasteiger partial charge in [-0.15, -0.1) is 0 Å². The van der Waals surface area contributed by atoms with E-state index >= 15 is 0 Å². The number of rotatable bonds is 5. The lowest BCUT2D eigenvalue weighted by Crippen LogP contribution is -2.48. The topological polar surface area (TPSA) is 66.9 Å². The van der Waals surface area contributed by atoms with Gasteiger partial charge >= 0.3 is 0 Å². The van der Waals surface area contributed by atoms with Crippen LogP contribution in [-0.4, -0.2) is 51.8 Å². The maximum absolute atomic E-state index is 14.3. The van der Waals surface area contributed by atoms with E-state index in [1.54, 1.807) is 29.2 Å². The molecule has 1 saturated heterocycles. The van der Waals surface area contributed by atoms with Crippen LogP contribution in [0.3, 0.4) is 0 Å². The van der Waals surface area contributed by atoms with Crippen LogP contribution in [0.4, 0.5) is 10.1 Å². The van der Waals surface area contributed by atoms with E-state index in [4.69, 9.17) is 4.74 Å². The molecule has 0 amide bonds. The van der Waals surface area contributed by atoms with Gasteiger partial charge in [-0.2, -0.15) is 4.31 Å². The fourth-order valence-electron chi connectivity index (χ4n) is 3.05. The lowest BCUT2D eigenvalue weighted by Gasteiger charge is -2.35. The lowest BCUT2D eigenvalue weighted by molar-refractivity contribution is 0.101. The zero-order valence-corrected chi connectivity index (χ0v) is 16.0. The molecule has 2 aromatic rings. The number of halogens is 1. The molecule has 0 aromatic heterocycles. The maximum Gasteiger partial charge on any atom is 0.243 e.